The number of ether oxygens (including phenoxy) is 1. The largest absolute Gasteiger partial charge is 0.381 e. The summed E-state index contributed by atoms with van der Waals surface area (Å²) in [6.45, 7) is 6.10. The second-order valence-electron chi connectivity index (χ2n) is 5.69. The molecule has 0 bridgehead atoms. The van der Waals surface area contributed by atoms with Crippen molar-refractivity contribution in [2.75, 3.05) is 19.8 Å². The van der Waals surface area contributed by atoms with Crippen LogP contribution in [0.25, 0.3) is 0 Å². The predicted octanol–water partition coefficient (Wildman–Crippen LogP) is 3.04. The van der Waals surface area contributed by atoms with E-state index in [1.807, 2.05) is 43.8 Å². The Morgan fingerprint density at radius 3 is 2.57 bits per heavy atom. The Labute approximate surface area is 131 Å². The van der Waals surface area contributed by atoms with Crippen LogP contribution in [0.15, 0.2) is 35.2 Å². The zero-order chi connectivity index (χ0) is 15.1. The van der Waals surface area contributed by atoms with Crippen molar-refractivity contribution < 1.29 is 9.53 Å². The van der Waals surface area contributed by atoms with Gasteiger partial charge in [-0.05, 0) is 38.8 Å². The van der Waals surface area contributed by atoms with Crippen molar-refractivity contribution in [1.82, 2.24) is 10.6 Å². The summed E-state index contributed by atoms with van der Waals surface area (Å²) in [6, 6.07) is 10.4. The fraction of sp³-hybridized carbons (Fsp3) is 0.562. The van der Waals surface area contributed by atoms with Crippen molar-refractivity contribution in [2.24, 2.45) is 0 Å². The van der Waals surface area contributed by atoms with E-state index in [1.165, 1.54) is 4.90 Å². The van der Waals surface area contributed by atoms with Gasteiger partial charge < -0.3 is 15.4 Å². The number of carbonyl (C=O) groups is 1. The van der Waals surface area contributed by atoms with Gasteiger partial charge in [-0.2, -0.15) is 0 Å². The number of hydrogen-bond acceptors (Lipinski definition) is 3. The lowest BCUT2D eigenvalue weighted by Crippen LogP contribution is -2.48. The van der Waals surface area contributed by atoms with Crippen LogP contribution >= 0.6 is 11.8 Å². The van der Waals surface area contributed by atoms with Crippen LogP contribution in [0.2, 0.25) is 0 Å². The van der Waals surface area contributed by atoms with Gasteiger partial charge in [0.25, 0.3) is 0 Å². The zero-order valence-electron chi connectivity index (χ0n) is 12.7. The standard InChI is InChI=1S/C16H24N2O2S/c1-13(2)18-15(19)17-12-16(8-10-20-11-9-16)21-14-6-4-3-5-7-14/h3-7,13H,8-12H2,1-2H3,(H2,17,18,19). The minimum Gasteiger partial charge on any atom is -0.381 e. The van der Waals surface area contributed by atoms with E-state index in [4.69, 9.17) is 4.74 Å². The van der Waals surface area contributed by atoms with Crippen molar-refractivity contribution in [1.29, 1.82) is 0 Å². The third kappa shape index (κ3) is 5.25. The number of benzene rings is 1. The first-order chi connectivity index (χ1) is 10.1. The highest BCUT2D eigenvalue weighted by Gasteiger charge is 2.34. The third-order valence-electron chi connectivity index (χ3n) is 3.47. The molecule has 1 aliphatic heterocycles. The summed E-state index contributed by atoms with van der Waals surface area (Å²) in [5, 5.41) is 5.89. The van der Waals surface area contributed by atoms with Gasteiger partial charge in [-0.15, -0.1) is 11.8 Å². The summed E-state index contributed by atoms with van der Waals surface area (Å²) in [7, 11) is 0. The van der Waals surface area contributed by atoms with E-state index >= 15 is 0 Å². The SMILES string of the molecule is CC(C)NC(=O)NCC1(Sc2ccccc2)CCOCC1. The molecule has 0 radical (unpaired) electrons. The Morgan fingerprint density at radius 1 is 1.29 bits per heavy atom. The highest BCUT2D eigenvalue weighted by Crippen LogP contribution is 2.39. The molecule has 116 valence electrons. The van der Waals surface area contributed by atoms with Crippen molar-refractivity contribution >= 4 is 17.8 Å². The molecule has 0 saturated carbocycles. The van der Waals surface area contributed by atoms with E-state index in [1.54, 1.807) is 0 Å². The lowest BCUT2D eigenvalue weighted by atomic mass is 9.99. The summed E-state index contributed by atoms with van der Waals surface area (Å²) in [5.74, 6) is 0. The second-order valence-corrected chi connectivity index (χ2v) is 7.23. The third-order valence-corrected chi connectivity index (χ3v) is 4.97. The van der Waals surface area contributed by atoms with Crippen LogP contribution in [0.4, 0.5) is 4.79 Å². The highest BCUT2D eigenvalue weighted by molar-refractivity contribution is 8.00. The predicted molar refractivity (Wildman–Crippen MR) is 86.8 cm³/mol. The molecule has 1 aromatic rings. The molecule has 4 nitrogen and oxygen atoms in total. The van der Waals surface area contributed by atoms with Crippen LogP contribution < -0.4 is 10.6 Å². The molecule has 2 N–H and O–H groups in total. The molecule has 0 aliphatic carbocycles. The maximum atomic E-state index is 11.8. The summed E-state index contributed by atoms with van der Waals surface area (Å²) in [4.78, 5) is 13.1. The molecular weight excluding hydrogens is 284 g/mol. The minimum atomic E-state index is -0.0930. The smallest absolute Gasteiger partial charge is 0.315 e. The molecule has 1 heterocycles. The summed E-state index contributed by atoms with van der Waals surface area (Å²) in [5.41, 5.74) is 0. The Kier molecular flexibility index (Phi) is 5.94. The number of nitrogens with one attached hydrogen (secondary N) is 2. The number of hydrogen-bond donors (Lipinski definition) is 2. The van der Waals surface area contributed by atoms with Gasteiger partial charge in [0, 0.05) is 35.4 Å². The zero-order valence-corrected chi connectivity index (χ0v) is 13.5. The van der Waals surface area contributed by atoms with Crippen molar-refractivity contribution in [3.8, 4) is 0 Å². The van der Waals surface area contributed by atoms with E-state index in [0.29, 0.717) is 6.54 Å². The molecule has 0 atom stereocenters. The maximum absolute atomic E-state index is 11.8. The summed E-state index contributed by atoms with van der Waals surface area (Å²) in [6.07, 6.45) is 1.91. The first kappa shape index (κ1) is 16.2. The molecular formula is C16H24N2O2S. The fourth-order valence-electron chi connectivity index (χ4n) is 2.35. The Bertz CT molecular complexity index is 445. The monoisotopic (exact) mass is 308 g/mol. The fourth-order valence-corrected chi connectivity index (χ4v) is 3.66. The van der Waals surface area contributed by atoms with Crippen molar-refractivity contribution in [3.63, 3.8) is 0 Å². The Morgan fingerprint density at radius 2 is 1.95 bits per heavy atom. The Balaban J connectivity index is 1.98. The van der Waals surface area contributed by atoms with Crippen LogP contribution in [0.5, 0.6) is 0 Å². The molecule has 1 aromatic carbocycles. The van der Waals surface area contributed by atoms with Crippen LogP contribution in [-0.2, 0) is 4.74 Å². The molecule has 21 heavy (non-hydrogen) atoms. The second kappa shape index (κ2) is 7.71. The molecule has 0 spiro atoms. The average molecular weight is 308 g/mol. The van der Waals surface area contributed by atoms with Crippen LogP contribution in [0.1, 0.15) is 26.7 Å². The van der Waals surface area contributed by atoms with Crippen molar-refractivity contribution in [2.45, 2.75) is 42.4 Å². The van der Waals surface area contributed by atoms with Gasteiger partial charge in [-0.1, -0.05) is 18.2 Å². The first-order valence-corrected chi connectivity index (χ1v) is 8.27. The van der Waals surface area contributed by atoms with Gasteiger partial charge in [0.1, 0.15) is 0 Å². The lowest BCUT2D eigenvalue weighted by Gasteiger charge is -2.36. The molecule has 0 aromatic heterocycles. The molecule has 2 amide bonds. The molecule has 0 unspecified atom stereocenters. The van der Waals surface area contributed by atoms with E-state index in [9.17, 15) is 4.79 Å². The topological polar surface area (TPSA) is 50.4 Å². The van der Waals surface area contributed by atoms with E-state index in [-0.39, 0.29) is 16.8 Å². The van der Waals surface area contributed by atoms with Gasteiger partial charge in [-0.3, -0.25) is 0 Å². The lowest BCUT2D eigenvalue weighted by molar-refractivity contribution is 0.0776. The molecule has 1 aliphatic rings. The number of amides is 2. The number of thioether (sulfide) groups is 1. The van der Waals surface area contributed by atoms with E-state index < -0.39 is 0 Å². The molecule has 1 fully saturated rings. The minimum absolute atomic E-state index is 0.0217. The van der Waals surface area contributed by atoms with E-state index in [2.05, 4.69) is 22.8 Å². The highest BCUT2D eigenvalue weighted by atomic mass is 32.2. The van der Waals surface area contributed by atoms with Gasteiger partial charge >= 0.3 is 6.03 Å². The van der Waals surface area contributed by atoms with Crippen LogP contribution in [-0.4, -0.2) is 36.6 Å². The summed E-state index contributed by atoms with van der Waals surface area (Å²) < 4.78 is 5.51. The molecule has 2 rings (SSSR count). The summed E-state index contributed by atoms with van der Waals surface area (Å²) >= 11 is 1.85. The maximum Gasteiger partial charge on any atom is 0.315 e. The van der Waals surface area contributed by atoms with Gasteiger partial charge in [0.15, 0.2) is 0 Å². The Hall–Kier alpha value is -1.20. The quantitative estimate of drug-likeness (QED) is 0.879. The van der Waals surface area contributed by atoms with Crippen molar-refractivity contribution in [3.05, 3.63) is 30.3 Å². The van der Waals surface area contributed by atoms with Crippen LogP contribution in [0, 0.1) is 0 Å². The van der Waals surface area contributed by atoms with E-state index in [0.717, 1.165) is 26.1 Å². The average Bonchev–Trinajstić information content (AvgIpc) is 2.47. The molecule has 5 heteroatoms. The van der Waals surface area contributed by atoms with Gasteiger partial charge in [0.05, 0.1) is 0 Å². The van der Waals surface area contributed by atoms with Gasteiger partial charge in [-0.25, -0.2) is 4.79 Å². The normalized spacial score (nSPS) is 17.5. The first-order valence-electron chi connectivity index (χ1n) is 7.46. The number of rotatable bonds is 5. The number of urea groups is 1. The van der Waals surface area contributed by atoms with Crippen LogP contribution in [0.3, 0.4) is 0 Å². The number of carbonyl (C=O) groups excluding carboxylic acids is 1. The molecule has 1 saturated heterocycles. The van der Waals surface area contributed by atoms with Gasteiger partial charge in [0.2, 0.25) is 0 Å².